The SMILES string of the molecule is O=C(O)CCN1C(=O)C2C3CC(C2C1=O)C1C3Sc2[nH]c(=O)sc2[C@@H]1c1cccc(OCC(=O)Nc2ccccc2)c1. The lowest BCUT2D eigenvalue weighted by molar-refractivity contribution is -0.142. The minimum atomic E-state index is -1.05. The first-order valence-electron chi connectivity index (χ1n) is 13.8. The van der Waals surface area contributed by atoms with Gasteiger partial charge in [0.2, 0.25) is 11.8 Å². The molecule has 1 saturated heterocycles. The second kappa shape index (κ2) is 10.4. The fourth-order valence-electron chi connectivity index (χ4n) is 7.54. The summed E-state index contributed by atoms with van der Waals surface area (Å²) in [5.74, 6) is -2.56. The number of likely N-dealkylation sites (tertiary alicyclic amines) is 1. The summed E-state index contributed by atoms with van der Waals surface area (Å²) in [6.45, 7) is -0.284. The van der Waals surface area contributed by atoms with Crippen LogP contribution in [0.15, 0.2) is 64.4 Å². The molecule has 0 radical (unpaired) electrons. The predicted molar refractivity (Wildman–Crippen MR) is 154 cm³/mol. The van der Waals surface area contributed by atoms with Crippen LogP contribution >= 0.6 is 23.1 Å². The van der Waals surface area contributed by atoms with Crippen LogP contribution in [0.25, 0.3) is 0 Å². The lowest BCUT2D eigenvalue weighted by Crippen LogP contribution is -2.42. The highest BCUT2D eigenvalue weighted by atomic mass is 32.2. The Morgan fingerprint density at radius 2 is 1.79 bits per heavy atom. The minimum Gasteiger partial charge on any atom is -0.484 e. The van der Waals surface area contributed by atoms with Crippen molar-refractivity contribution in [1.29, 1.82) is 0 Å². The van der Waals surface area contributed by atoms with E-state index in [0.717, 1.165) is 26.8 Å². The number of benzene rings is 2. The number of para-hydroxylation sites is 1. The van der Waals surface area contributed by atoms with Gasteiger partial charge in [0, 0.05) is 28.3 Å². The summed E-state index contributed by atoms with van der Waals surface area (Å²) in [5.41, 5.74) is 1.60. The van der Waals surface area contributed by atoms with Crippen LogP contribution in [0.1, 0.15) is 29.2 Å². The van der Waals surface area contributed by atoms with Crippen molar-refractivity contribution in [2.45, 2.75) is 29.0 Å². The predicted octanol–water partition coefficient (Wildman–Crippen LogP) is 3.40. The van der Waals surface area contributed by atoms with Gasteiger partial charge in [0.05, 0.1) is 23.3 Å². The number of nitrogens with one attached hydrogen (secondary N) is 2. The van der Waals surface area contributed by atoms with Crippen LogP contribution in [0, 0.1) is 29.6 Å². The molecule has 1 aromatic heterocycles. The zero-order valence-corrected chi connectivity index (χ0v) is 23.9. The first kappa shape index (κ1) is 27.0. The highest BCUT2D eigenvalue weighted by Gasteiger charge is 2.69. The van der Waals surface area contributed by atoms with E-state index in [1.807, 2.05) is 36.4 Å². The van der Waals surface area contributed by atoms with Crippen LogP contribution in [0.5, 0.6) is 5.75 Å². The lowest BCUT2D eigenvalue weighted by atomic mass is 9.68. The third-order valence-corrected chi connectivity index (χ3v) is 11.6. The number of thiazole rings is 1. The summed E-state index contributed by atoms with van der Waals surface area (Å²) >= 11 is 2.76. The molecule has 216 valence electrons. The fourth-order valence-corrected chi connectivity index (χ4v) is 10.4. The van der Waals surface area contributed by atoms with E-state index in [9.17, 15) is 24.0 Å². The fraction of sp³-hybridized carbons (Fsp3) is 0.367. The Hall–Kier alpha value is -3.90. The number of anilines is 1. The molecule has 6 unspecified atom stereocenters. The van der Waals surface area contributed by atoms with Crippen LogP contribution in [0.4, 0.5) is 5.69 Å². The van der Waals surface area contributed by atoms with Crippen LogP contribution in [0.3, 0.4) is 0 Å². The zero-order valence-electron chi connectivity index (χ0n) is 22.2. The molecule has 3 heterocycles. The number of carbonyl (C=O) groups is 4. The summed E-state index contributed by atoms with van der Waals surface area (Å²) in [6, 6.07) is 16.6. The quantitative estimate of drug-likeness (QED) is 0.331. The summed E-state index contributed by atoms with van der Waals surface area (Å²) < 4.78 is 5.86. The second-order valence-electron chi connectivity index (χ2n) is 11.2. The van der Waals surface area contributed by atoms with Crippen molar-refractivity contribution < 1.29 is 29.0 Å². The number of rotatable bonds is 8. The number of H-pyrrole nitrogens is 1. The van der Waals surface area contributed by atoms with Gasteiger partial charge in [-0.25, -0.2) is 0 Å². The molecule has 2 saturated carbocycles. The van der Waals surface area contributed by atoms with Crippen LogP contribution < -0.4 is 14.9 Å². The molecule has 2 aliphatic carbocycles. The van der Waals surface area contributed by atoms with Gasteiger partial charge in [-0.15, -0.1) is 11.8 Å². The standard InChI is InChI=1S/C30H27N3O7S2/c34-19(31-15-6-2-1-3-7-15)13-40-16-8-4-5-14(11-16)21-22-17-12-18(25(22)41-27-26(21)42-30(39)32-27)24-23(17)28(37)33(29(24)38)10-9-20(35)36/h1-8,11,17-18,21-25H,9-10,12-13H2,(H,31,34)(H,32,39)(H,35,36)/t17?,18?,21-,22?,23?,24?,25?/m1/s1. The number of aromatic amines is 1. The summed E-state index contributed by atoms with van der Waals surface area (Å²) in [6.07, 6.45) is 0.471. The Bertz CT molecular complexity index is 1650. The van der Waals surface area contributed by atoms with Crippen molar-refractivity contribution in [3.05, 3.63) is 74.7 Å². The number of thioether (sulfide) groups is 1. The molecule has 3 aromatic rings. The average molecular weight is 606 g/mol. The number of carbonyl (C=O) groups excluding carboxylic acids is 3. The van der Waals surface area contributed by atoms with E-state index in [1.54, 1.807) is 30.0 Å². The third-order valence-electron chi connectivity index (χ3n) is 9.01. The number of aliphatic carboxylic acids is 1. The van der Waals surface area contributed by atoms with Crippen molar-refractivity contribution in [1.82, 2.24) is 9.88 Å². The maximum absolute atomic E-state index is 13.5. The van der Waals surface area contributed by atoms with Gasteiger partial charge in [-0.2, -0.15) is 0 Å². The number of hydrogen-bond donors (Lipinski definition) is 3. The smallest absolute Gasteiger partial charge is 0.305 e. The van der Waals surface area contributed by atoms with Crippen LogP contribution in [-0.4, -0.2) is 57.1 Å². The van der Waals surface area contributed by atoms with Gasteiger partial charge in [-0.3, -0.25) is 28.9 Å². The van der Waals surface area contributed by atoms with Gasteiger partial charge in [0.25, 0.3) is 5.91 Å². The van der Waals surface area contributed by atoms with E-state index in [2.05, 4.69) is 10.3 Å². The van der Waals surface area contributed by atoms with E-state index in [-0.39, 0.29) is 71.1 Å². The highest BCUT2D eigenvalue weighted by Crippen LogP contribution is 2.68. The van der Waals surface area contributed by atoms with Gasteiger partial charge >= 0.3 is 10.8 Å². The van der Waals surface area contributed by atoms with E-state index in [0.29, 0.717) is 11.4 Å². The number of fused-ring (bicyclic) bond motifs is 9. The Kier molecular flexibility index (Phi) is 6.69. The van der Waals surface area contributed by atoms with Crippen molar-refractivity contribution in [3.63, 3.8) is 0 Å². The Labute approximate surface area is 248 Å². The van der Waals surface area contributed by atoms with Crippen molar-refractivity contribution in [2.75, 3.05) is 18.5 Å². The van der Waals surface area contributed by atoms with Crippen molar-refractivity contribution in [3.8, 4) is 5.75 Å². The van der Waals surface area contributed by atoms with E-state index >= 15 is 0 Å². The summed E-state index contributed by atoms with van der Waals surface area (Å²) in [7, 11) is 0. The molecular weight excluding hydrogens is 578 g/mol. The maximum atomic E-state index is 13.5. The molecule has 7 atom stereocenters. The van der Waals surface area contributed by atoms with Gasteiger partial charge in [0.1, 0.15) is 5.75 Å². The van der Waals surface area contributed by atoms with Gasteiger partial charge < -0.3 is 20.1 Å². The molecule has 3 amide bonds. The summed E-state index contributed by atoms with van der Waals surface area (Å²) in [4.78, 5) is 67.9. The number of imide groups is 1. The number of nitrogens with zero attached hydrogens (tertiary/aromatic N) is 1. The van der Waals surface area contributed by atoms with Gasteiger partial charge in [-0.1, -0.05) is 41.7 Å². The molecule has 12 heteroatoms. The average Bonchev–Trinajstić information content (AvgIpc) is 3.70. The molecule has 0 spiro atoms. The number of aromatic nitrogens is 1. The Morgan fingerprint density at radius 1 is 1.02 bits per heavy atom. The summed E-state index contributed by atoms with van der Waals surface area (Å²) in [5, 5.41) is 12.8. The number of carboxylic acids is 1. The van der Waals surface area contributed by atoms with Crippen LogP contribution in [0.2, 0.25) is 0 Å². The molecule has 3 fully saturated rings. The van der Waals surface area contributed by atoms with Crippen LogP contribution in [-0.2, 0) is 19.2 Å². The van der Waals surface area contributed by atoms with Crippen molar-refractivity contribution in [2.24, 2.45) is 29.6 Å². The molecule has 2 bridgehead atoms. The molecule has 3 N–H and O–H groups in total. The molecule has 2 aliphatic heterocycles. The first-order chi connectivity index (χ1) is 20.3. The zero-order chi connectivity index (χ0) is 29.1. The van der Waals surface area contributed by atoms with Crippen molar-refractivity contribution >= 4 is 52.5 Å². The highest BCUT2D eigenvalue weighted by molar-refractivity contribution is 8.00. The Morgan fingerprint density at radius 3 is 2.55 bits per heavy atom. The van der Waals surface area contributed by atoms with Gasteiger partial charge in [0.15, 0.2) is 6.61 Å². The number of carboxylic acid groups (broad SMARTS) is 1. The number of ether oxygens (including phenoxy) is 1. The molecule has 2 aromatic carbocycles. The Balaban J connectivity index is 1.17. The first-order valence-corrected chi connectivity index (χ1v) is 15.5. The maximum Gasteiger partial charge on any atom is 0.305 e. The third kappa shape index (κ3) is 4.44. The lowest BCUT2D eigenvalue weighted by Gasteiger charge is -2.43. The van der Waals surface area contributed by atoms with E-state index in [4.69, 9.17) is 9.84 Å². The molecule has 4 aliphatic rings. The molecular formula is C30H27N3O7S2. The topological polar surface area (TPSA) is 146 Å². The molecule has 10 nitrogen and oxygen atoms in total. The number of amides is 3. The van der Waals surface area contributed by atoms with E-state index in [1.165, 1.54) is 11.3 Å². The molecule has 42 heavy (non-hydrogen) atoms. The second-order valence-corrected chi connectivity index (χ2v) is 13.4. The molecule has 7 rings (SSSR count). The van der Waals surface area contributed by atoms with Gasteiger partial charge in [-0.05, 0) is 54.0 Å². The number of hydrogen-bond acceptors (Lipinski definition) is 8. The monoisotopic (exact) mass is 605 g/mol. The van der Waals surface area contributed by atoms with E-state index < -0.39 is 17.8 Å². The largest absolute Gasteiger partial charge is 0.484 e. The normalized spacial score (nSPS) is 28.8. The minimum absolute atomic E-state index is 0.00741.